The smallest absolute Gasteiger partial charge is 0.240 e. The van der Waals surface area contributed by atoms with E-state index >= 15 is 0 Å². The molecular weight excluding hydrogens is 564 g/mol. The number of nitrogens with two attached hydrogens (primary N) is 2. The molecule has 4 amide bonds. The normalized spacial score (nSPS) is 13.5. The van der Waals surface area contributed by atoms with Crippen LogP contribution in [-0.2, 0) is 42.0 Å². The summed E-state index contributed by atoms with van der Waals surface area (Å²) < 4.78 is 28.0. The minimum atomic E-state index is -4.07. The van der Waals surface area contributed by atoms with Gasteiger partial charge in [-0.15, -0.1) is 0 Å². The number of rotatable bonds is 17. The first-order valence-corrected chi connectivity index (χ1v) is 15.1. The van der Waals surface area contributed by atoms with Crippen LogP contribution in [0.3, 0.4) is 0 Å². The Kier molecular flexibility index (Phi) is 13.4. The molecule has 0 aliphatic heterocycles. The van der Waals surface area contributed by atoms with E-state index in [0.717, 1.165) is 5.56 Å². The Balaban J connectivity index is 1.90. The largest absolute Gasteiger partial charge is 0.508 e. The predicted molar refractivity (Wildman–Crippen MR) is 157 cm³/mol. The first-order valence-electron chi connectivity index (χ1n) is 13.5. The molecule has 0 saturated heterocycles. The molecule has 13 nitrogen and oxygen atoms in total. The van der Waals surface area contributed by atoms with E-state index in [9.17, 15) is 32.7 Å². The van der Waals surface area contributed by atoms with Gasteiger partial charge in [-0.1, -0.05) is 56.3 Å². The first kappa shape index (κ1) is 34.2. The molecule has 0 unspecified atom stereocenters. The molecule has 0 fully saturated rings. The first-order chi connectivity index (χ1) is 19.8. The van der Waals surface area contributed by atoms with Gasteiger partial charge in [0.25, 0.3) is 0 Å². The molecule has 14 heteroatoms. The van der Waals surface area contributed by atoms with Crippen LogP contribution in [-0.4, -0.2) is 74.1 Å². The van der Waals surface area contributed by atoms with Crippen molar-refractivity contribution in [1.82, 2.24) is 20.7 Å². The highest BCUT2D eigenvalue weighted by atomic mass is 32.2. The third-order valence-corrected chi connectivity index (χ3v) is 7.52. The van der Waals surface area contributed by atoms with Crippen LogP contribution in [0.2, 0.25) is 0 Å². The SMILES string of the molecule is CC(C)C[C@H](NC(=O)[C@H](Cc1ccccc1)NS(=O)(=O)CCNC(=O)CNC(=O)[C@@H](N)Cc1ccc(O)cc1)C(N)=O. The van der Waals surface area contributed by atoms with Crippen LogP contribution >= 0.6 is 0 Å². The molecular formula is C28H40N6O7S. The van der Waals surface area contributed by atoms with Crippen molar-refractivity contribution in [2.45, 2.75) is 51.2 Å². The second kappa shape index (κ2) is 16.4. The van der Waals surface area contributed by atoms with Crippen molar-refractivity contribution in [1.29, 1.82) is 0 Å². The third kappa shape index (κ3) is 12.7. The zero-order valence-corrected chi connectivity index (χ0v) is 24.5. The van der Waals surface area contributed by atoms with Crippen LogP contribution in [0.1, 0.15) is 31.4 Å². The van der Waals surface area contributed by atoms with Gasteiger partial charge < -0.3 is 32.5 Å². The van der Waals surface area contributed by atoms with Crippen molar-refractivity contribution in [3.63, 3.8) is 0 Å². The summed E-state index contributed by atoms with van der Waals surface area (Å²) in [6.45, 7) is 3.01. The average molecular weight is 605 g/mol. The van der Waals surface area contributed by atoms with Crippen LogP contribution in [0.4, 0.5) is 0 Å². The maximum absolute atomic E-state index is 13.1. The fourth-order valence-electron chi connectivity index (χ4n) is 3.97. The molecule has 0 radical (unpaired) electrons. The number of aromatic hydroxyl groups is 1. The van der Waals surface area contributed by atoms with Crippen molar-refractivity contribution in [2.75, 3.05) is 18.8 Å². The molecule has 0 heterocycles. The minimum Gasteiger partial charge on any atom is -0.508 e. The van der Waals surface area contributed by atoms with Gasteiger partial charge in [-0.05, 0) is 48.4 Å². The van der Waals surface area contributed by atoms with E-state index in [4.69, 9.17) is 11.5 Å². The van der Waals surface area contributed by atoms with Gasteiger partial charge in [-0.3, -0.25) is 19.2 Å². The summed E-state index contributed by atoms with van der Waals surface area (Å²) in [5.41, 5.74) is 12.7. The lowest BCUT2D eigenvalue weighted by molar-refractivity contribution is -0.128. The Morgan fingerprint density at radius 2 is 1.48 bits per heavy atom. The molecule has 42 heavy (non-hydrogen) atoms. The summed E-state index contributed by atoms with van der Waals surface area (Å²) in [7, 11) is -4.07. The van der Waals surface area contributed by atoms with E-state index in [1.54, 1.807) is 42.5 Å². The van der Waals surface area contributed by atoms with Crippen LogP contribution in [0.5, 0.6) is 5.75 Å². The molecule has 0 bridgehead atoms. The number of carbonyl (C=O) groups excluding carboxylic acids is 4. The molecule has 2 aromatic rings. The zero-order chi connectivity index (χ0) is 31.3. The van der Waals surface area contributed by atoms with Gasteiger partial charge in [0.1, 0.15) is 17.8 Å². The van der Waals surface area contributed by atoms with E-state index < -0.39 is 64.1 Å². The van der Waals surface area contributed by atoms with Gasteiger partial charge >= 0.3 is 0 Å². The van der Waals surface area contributed by atoms with Crippen molar-refractivity contribution in [2.24, 2.45) is 17.4 Å². The second-order valence-corrected chi connectivity index (χ2v) is 12.2. The summed E-state index contributed by atoms with van der Waals surface area (Å²) in [6.07, 6.45) is 0.491. The molecule has 2 aromatic carbocycles. The Bertz CT molecular complexity index is 1300. The molecule has 0 aliphatic rings. The van der Waals surface area contributed by atoms with E-state index in [-0.39, 0.29) is 37.5 Å². The molecule has 0 aromatic heterocycles. The number of hydrogen-bond acceptors (Lipinski definition) is 8. The van der Waals surface area contributed by atoms with E-state index in [1.165, 1.54) is 12.1 Å². The lowest BCUT2D eigenvalue weighted by atomic mass is 10.0. The number of benzene rings is 2. The van der Waals surface area contributed by atoms with Crippen molar-refractivity contribution >= 4 is 33.7 Å². The number of phenols is 1. The topological polar surface area (TPSA) is 223 Å². The van der Waals surface area contributed by atoms with Crippen LogP contribution in [0.15, 0.2) is 54.6 Å². The summed E-state index contributed by atoms with van der Waals surface area (Å²) in [5.74, 6) is -3.05. The highest BCUT2D eigenvalue weighted by Gasteiger charge is 2.28. The van der Waals surface area contributed by atoms with Gasteiger partial charge in [0.2, 0.25) is 33.7 Å². The summed E-state index contributed by atoms with van der Waals surface area (Å²) >= 11 is 0. The quantitative estimate of drug-likeness (QED) is 0.119. The zero-order valence-electron chi connectivity index (χ0n) is 23.7. The molecule has 2 rings (SSSR count). The Labute approximate surface area is 245 Å². The summed E-state index contributed by atoms with van der Waals surface area (Å²) in [5, 5.41) is 16.7. The summed E-state index contributed by atoms with van der Waals surface area (Å²) in [6, 6.07) is 11.8. The number of amides is 4. The number of hydrogen-bond donors (Lipinski definition) is 7. The van der Waals surface area contributed by atoms with Gasteiger partial charge in [0.05, 0.1) is 18.3 Å². The fraction of sp³-hybridized carbons (Fsp3) is 0.429. The van der Waals surface area contributed by atoms with Crippen molar-refractivity contribution < 1.29 is 32.7 Å². The second-order valence-electron chi connectivity index (χ2n) is 10.3. The van der Waals surface area contributed by atoms with Gasteiger partial charge in [0.15, 0.2) is 0 Å². The molecule has 9 N–H and O–H groups in total. The highest BCUT2D eigenvalue weighted by Crippen LogP contribution is 2.11. The minimum absolute atomic E-state index is 0.0157. The van der Waals surface area contributed by atoms with E-state index in [1.807, 2.05) is 13.8 Å². The van der Waals surface area contributed by atoms with Crippen LogP contribution in [0.25, 0.3) is 0 Å². The summed E-state index contributed by atoms with van der Waals surface area (Å²) in [4.78, 5) is 49.3. The van der Waals surface area contributed by atoms with Gasteiger partial charge in [-0.2, -0.15) is 0 Å². The van der Waals surface area contributed by atoms with Crippen LogP contribution < -0.4 is 32.1 Å². The highest BCUT2D eigenvalue weighted by molar-refractivity contribution is 7.89. The number of primary amides is 1. The van der Waals surface area contributed by atoms with E-state index in [2.05, 4.69) is 20.7 Å². The number of sulfonamides is 1. The Hall–Kier alpha value is -4.01. The number of nitrogens with one attached hydrogen (secondary N) is 4. The van der Waals surface area contributed by atoms with Gasteiger partial charge in [-0.25, -0.2) is 13.1 Å². The van der Waals surface area contributed by atoms with Crippen LogP contribution in [0, 0.1) is 5.92 Å². The monoisotopic (exact) mass is 604 g/mol. The van der Waals surface area contributed by atoms with Crippen molar-refractivity contribution in [3.8, 4) is 5.75 Å². The van der Waals surface area contributed by atoms with Gasteiger partial charge in [0, 0.05) is 6.54 Å². The molecule has 230 valence electrons. The molecule has 0 spiro atoms. The lowest BCUT2D eigenvalue weighted by Gasteiger charge is -2.23. The standard InChI is InChI=1S/C28H40N6O7S/c1-18(2)14-23(26(30)37)33-28(39)24(16-19-6-4-3-5-7-19)34-42(40,41)13-12-31-25(36)17-32-27(38)22(29)15-20-8-10-21(35)11-9-20/h3-11,18,22-24,34-35H,12-17,29H2,1-2H3,(H2,30,37)(H,31,36)(H,32,38)(H,33,39)/t22-,23-,24-/m0/s1. The maximum atomic E-state index is 13.1. The lowest BCUT2D eigenvalue weighted by Crippen LogP contribution is -2.54. The van der Waals surface area contributed by atoms with Crippen molar-refractivity contribution in [3.05, 3.63) is 65.7 Å². The number of phenolic OH excluding ortho intramolecular Hbond substituents is 1. The fourth-order valence-corrected chi connectivity index (χ4v) is 5.08. The average Bonchev–Trinajstić information content (AvgIpc) is 2.92. The Morgan fingerprint density at radius 3 is 2.07 bits per heavy atom. The maximum Gasteiger partial charge on any atom is 0.240 e. The molecule has 0 saturated carbocycles. The molecule has 0 aliphatic carbocycles. The molecule has 3 atom stereocenters. The number of carbonyl (C=O) groups is 4. The Morgan fingerprint density at radius 1 is 0.857 bits per heavy atom. The van der Waals surface area contributed by atoms with E-state index in [0.29, 0.717) is 5.56 Å². The predicted octanol–water partition coefficient (Wildman–Crippen LogP) is -0.959. The third-order valence-electron chi connectivity index (χ3n) is 6.13.